The Balaban J connectivity index is 1.35. The van der Waals surface area contributed by atoms with Crippen molar-refractivity contribution in [3.8, 4) is 11.1 Å². The van der Waals surface area contributed by atoms with Crippen LogP contribution < -0.4 is 4.90 Å². The van der Waals surface area contributed by atoms with Gasteiger partial charge in [0.1, 0.15) is 0 Å². The molecule has 0 aliphatic rings. The lowest BCUT2D eigenvalue weighted by molar-refractivity contribution is 1.30. The minimum atomic E-state index is 1.15. The predicted molar refractivity (Wildman–Crippen MR) is 177 cm³/mol. The Morgan fingerprint density at radius 3 is 1.90 bits per heavy atom. The van der Waals surface area contributed by atoms with E-state index in [-0.39, 0.29) is 0 Å². The number of rotatable bonds is 4. The third-order valence-corrected chi connectivity index (χ3v) is 10.1. The lowest BCUT2D eigenvalue weighted by Gasteiger charge is -2.26. The van der Waals surface area contributed by atoms with E-state index in [1.54, 1.807) is 0 Å². The van der Waals surface area contributed by atoms with Crippen LogP contribution in [0.4, 0.5) is 17.1 Å². The Bertz CT molecular complexity index is 2150. The molecule has 8 rings (SSSR count). The molecule has 0 atom stereocenters. The summed E-state index contributed by atoms with van der Waals surface area (Å²) >= 11 is 3.81. The van der Waals surface area contributed by atoms with Gasteiger partial charge in [0.2, 0.25) is 0 Å². The Kier molecular flexibility index (Phi) is 5.47. The van der Waals surface area contributed by atoms with Gasteiger partial charge in [0.25, 0.3) is 0 Å². The number of anilines is 3. The molecule has 3 heteroatoms. The van der Waals surface area contributed by atoms with Crippen LogP contribution in [0.15, 0.2) is 133 Å². The standard InChI is InChI=1S/C37H25NS2/c1-24-14-16-25(17-15-24)26-18-20-28(21-19-26)38(27-8-3-2-4-9-27)32-12-7-11-29-30-22-23-34-35(37(30)40-36(29)32)31-10-5-6-13-33(31)39-34/h2-23H,1H3. The van der Waals surface area contributed by atoms with Crippen molar-refractivity contribution in [2.45, 2.75) is 6.92 Å². The number of para-hydroxylation sites is 1. The molecule has 1 nitrogen and oxygen atoms in total. The van der Waals surface area contributed by atoms with Gasteiger partial charge < -0.3 is 4.90 Å². The Hall–Kier alpha value is -4.44. The van der Waals surface area contributed by atoms with Crippen molar-refractivity contribution in [1.82, 2.24) is 0 Å². The fraction of sp³-hybridized carbons (Fsp3) is 0.0270. The highest BCUT2D eigenvalue weighted by Gasteiger charge is 2.19. The summed E-state index contributed by atoms with van der Waals surface area (Å²) in [5, 5.41) is 5.39. The van der Waals surface area contributed by atoms with Crippen molar-refractivity contribution in [1.29, 1.82) is 0 Å². The highest BCUT2D eigenvalue weighted by molar-refractivity contribution is 7.30. The van der Waals surface area contributed by atoms with Gasteiger partial charge in [-0.2, -0.15) is 0 Å². The van der Waals surface area contributed by atoms with E-state index in [1.165, 1.54) is 62.7 Å². The van der Waals surface area contributed by atoms with Crippen LogP contribution in [0.2, 0.25) is 0 Å². The zero-order valence-corrected chi connectivity index (χ0v) is 23.6. The largest absolute Gasteiger partial charge is 0.309 e. The second-order valence-electron chi connectivity index (χ2n) is 10.3. The fourth-order valence-corrected chi connectivity index (χ4v) is 8.32. The summed E-state index contributed by atoms with van der Waals surface area (Å²) in [4.78, 5) is 2.40. The third kappa shape index (κ3) is 3.74. The minimum Gasteiger partial charge on any atom is -0.309 e. The molecule has 40 heavy (non-hydrogen) atoms. The van der Waals surface area contributed by atoms with Crippen LogP contribution >= 0.6 is 22.7 Å². The van der Waals surface area contributed by atoms with Crippen LogP contribution in [0.3, 0.4) is 0 Å². The van der Waals surface area contributed by atoms with E-state index in [0.717, 1.165) is 11.4 Å². The molecule has 0 N–H and O–H groups in total. The summed E-state index contributed by atoms with van der Waals surface area (Å²) < 4.78 is 5.39. The van der Waals surface area contributed by atoms with E-state index in [4.69, 9.17) is 0 Å². The zero-order chi connectivity index (χ0) is 26.6. The number of nitrogens with zero attached hydrogens (tertiary/aromatic N) is 1. The Morgan fingerprint density at radius 2 is 1.10 bits per heavy atom. The summed E-state index contributed by atoms with van der Waals surface area (Å²) in [6.45, 7) is 2.13. The van der Waals surface area contributed by atoms with E-state index in [9.17, 15) is 0 Å². The van der Waals surface area contributed by atoms with Gasteiger partial charge in [0.15, 0.2) is 0 Å². The first-order valence-corrected chi connectivity index (χ1v) is 15.2. The van der Waals surface area contributed by atoms with Crippen molar-refractivity contribution in [3.63, 3.8) is 0 Å². The summed E-state index contributed by atoms with van der Waals surface area (Å²) in [6.07, 6.45) is 0. The van der Waals surface area contributed by atoms with Crippen LogP contribution in [-0.4, -0.2) is 0 Å². The molecule has 2 heterocycles. The van der Waals surface area contributed by atoms with E-state index in [0.29, 0.717) is 0 Å². The second kappa shape index (κ2) is 9.34. The Labute approximate surface area is 241 Å². The Morgan fingerprint density at radius 1 is 0.450 bits per heavy atom. The average Bonchev–Trinajstić information content (AvgIpc) is 3.57. The highest BCUT2D eigenvalue weighted by atomic mass is 32.1. The van der Waals surface area contributed by atoms with E-state index in [2.05, 4.69) is 145 Å². The summed E-state index contributed by atoms with van der Waals surface area (Å²) in [7, 11) is 0. The summed E-state index contributed by atoms with van der Waals surface area (Å²) in [5.74, 6) is 0. The number of thiophene rings is 2. The van der Waals surface area contributed by atoms with Crippen LogP contribution in [-0.2, 0) is 0 Å². The molecule has 0 fully saturated rings. The van der Waals surface area contributed by atoms with Crippen LogP contribution in [0.1, 0.15) is 5.56 Å². The molecular weight excluding hydrogens is 523 g/mol. The van der Waals surface area contributed by atoms with Gasteiger partial charge in [-0.05, 0) is 60.5 Å². The lowest BCUT2D eigenvalue weighted by atomic mass is 10.0. The second-order valence-corrected chi connectivity index (χ2v) is 12.4. The van der Waals surface area contributed by atoms with Gasteiger partial charge in [-0.3, -0.25) is 0 Å². The van der Waals surface area contributed by atoms with E-state index in [1.807, 2.05) is 22.7 Å². The topological polar surface area (TPSA) is 3.24 Å². The van der Waals surface area contributed by atoms with Crippen LogP contribution in [0, 0.1) is 6.92 Å². The molecule has 2 aromatic heterocycles. The molecule has 0 amide bonds. The molecule has 0 bridgehead atoms. The van der Waals surface area contributed by atoms with Gasteiger partial charge in [-0.25, -0.2) is 0 Å². The monoisotopic (exact) mass is 547 g/mol. The number of benzene rings is 6. The third-order valence-electron chi connectivity index (χ3n) is 7.75. The number of hydrogen-bond donors (Lipinski definition) is 0. The molecule has 190 valence electrons. The van der Waals surface area contributed by atoms with Gasteiger partial charge in [-0.15, -0.1) is 22.7 Å². The van der Waals surface area contributed by atoms with Crippen molar-refractivity contribution in [2.75, 3.05) is 4.90 Å². The first-order valence-electron chi connectivity index (χ1n) is 13.5. The average molecular weight is 548 g/mol. The molecule has 0 aliphatic carbocycles. The normalized spacial score (nSPS) is 11.6. The predicted octanol–water partition coefficient (Wildman–Crippen LogP) is 11.9. The van der Waals surface area contributed by atoms with Gasteiger partial charge in [-0.1, -0.05) is 96.6 Å². The molecule has 6 aromatic carbocycles. The van der Waals surface area contributed by atoms with Crippen molar-refractivity contribution in [3.05, 3.63) is 139 Å². The summed E-state index contributed by atoms with van der Waals surface area (Å²) in [5.41, 5.74) is 7.26. The van der Waals surface area contributed by atoms with Crippen LogP contribution in [0.5, 0.6) is 0 Å². The van der Waals surface area contributed by atoms with Gasteiger partial charge in [0, 0.05) is 47.0 Å². The van der Waals surface area contributed by atoms with E-state index < -0.39 is 0 Å². The summed E-state index contributed by atoms with van der Waals surface area (Å²) in [6, 6.07) is 48.6. The molecule has 0 saturated carbocycles. The number of fused-ring (bicyclic) bond motifs is 7. The maximum absolute atomic E-state index is 2.40. The minimum absolute atomic E-state index is 1.15. The number of aryl methyl sites for hydroxylation is 1. The maximum Gasteiger partial charge on any atom is 0.0640 e. The molecule has 0 spiro atoms. The highest BCUT2D eigenvalue weighted by Crippen LogP contribution is 2.48. The number of hydrogen-bond acceptors (Lipinski definition) is 3. The van der Waals surface area contributed by atoms with Gasteiger partial charge in [0.05, 0.1) is 10.4 Å². The molecular formula is C37H25NS2. The zero-order valence-electron chi connectivity index (χ0n) is 22.0. The molecule has 0 radical (unpaired) electrons. The van der Waals surface area contributed by atoms with Gasteiger partial charge >= 0.3 is 0 Å². The smallest absolute Gasteiger partial charge is 0.0640 e. The van der Waals surface area contributed by atoms with E-state index >= 15 is 0 Å². The molecule has 0 saturated heterocycles. The quantitative estimate of drug-likeness (QED) is 0.212. The molecule has 8 aromatic rings. The first-order chi connectivity index (χ1) is 19.7. The molecule has 0 aliphatic heterocycles. The SMILES string of the molecule is Cc1ccc(-c2ccc(N(c3ccccc3)c3cccc4c3sc3c4ccc4sc5ccccc5c43)cc2)cc1. The molecule has 0 unspecified atom stereocenters. The lowest BCUT2D eigenvalue weighted by Crippen LogP contribution is -2.09. The maximum atomic E-state index is 2.40. The first kappa shape index (κ1) is 23.4. The fourth-order valence-electron chi connectivity index (χ4n) is 5.78. The van der Waals surface area contributed by atoms with Crippen molar-refractivity contribution >= 4 is 80.1 Å². The van der Waals surface area contributed by atoms with Crippen molar-refractivity contribution < 1.29 is 0 Å². The van der Waals surface area contributed by atoms with Crippen molar-refractivity contribution in [2.24, 2.45) is 0 Å². The van der Waals surface area contributed by atoms with Crippen LogP contribution in [0.25, 0.3) is 51.5 Å².